The molecule has 1 saturated heterocycles. The van der Waals surface area contributed by atoms with E-state index in [4.69, 9.17) is 10.5 Å². The third-order valence-electron chi connectivity index (χ3n) is 5.23. The van der Waals surface area contributed by atoms with Gasteiger partial charge in [0.25, 0.3) is 0 Å². The first-order chi connectivity index (χ1) is 14.6. The van der Waals surface area contributed by atoms with Crippen LogP contribution in [-0.4, -0.2) is 47.0 Å². The van der Waals surface area contributed by atoms with Crippen molar-refractivity contribution in [2.75, 3.05) is 19.0 Å². The molecule has 0 amide bonds. The predicted molar refractivity (Wildman–Crippen MR) is 107 cm³/mol. The standard InChI is InChI=1S/C20H24F3N5O3/c1-10-5-12(20(21,22)23)7-16(29)17(10)15-6-11(8-24)18(28-27-15)26-13-3-4-14(25-9-13)19(30)31-2/h5-7,13-14,25,29H,3-4,8-9,24H2,1-2H3,(H,26,28)/t13-,14+/m1/s1. The minimum Gasteiger partial charge on any atom is -0.507 e. The molecule has 0 saturated carbocycles. The second-order valence-corrected chi connectivity index (χ2v) is 7.40. The van der Waals surface area contributed by atoms with Gasteiger partial charge in [-0.15, -0.1) is 10.2 Å². The number of carbonyl (C=O) groups is 1. The number of halogens is 3. The van der Waals surface area contributed by atoms with Crippen LogP contribution in [0, 0.1) is 6.92 Å². The maximum Gasteiger partial charge on any atom is 0.416 e. The van der Waals surface area contributed by atoms with Crippen LogP contribution in [0.15, 0.2) is 18.2 Å². The van der Waals surface area contributed by atoms with E-state index in [1.54, 1.807) is 6.07 Å². The summed E-state index contributed by atoms with van der Waals surface area (Å²) in [5.41, 5.74) is 6.11. The van der Waals surface area contributed by atoms with E-state index in [0.717, 1.165) is 6.07 Å². The molecule has 1 aromatic heterocycles. The summed E-state index contributed by atoms with van der Waals surface area (Å²) in [6.45, 7) is 2.08. The van der Waals surface area contributed by atoms with Crippen LogP contribution in [0.3, 0.4) is 0 Å². The Morgan fingerprint density at radius 1 is 1.32 bits per heavy atom. The SMILES string of the molecule is COC(=O)[C@@H]1CC[C@@H](Nc2nnc(-c3c(C)cc(C(F)(F)F)cc3O)cc2CN)CN1. The van der Waals surface area contributed by atoms with Crippen molar-refractivity contribution in [3.63, 3.8) is 0 Å². The second kappa shape index (κ2) is 9.06. The summed E-state index contributed by atoms with van der Waals surface area (Å²) in [5.74, 6) is -0.397. The van der Waals surface area contributed by atoms with Gasteiger partial charge in [0.1, 0.15) is 11.8 Å². The van der Waals surface area contributed by atoms with Crippen molar-refractivity contribution < 1.29 is 27.8 Å². The molecular formula is C20H24F3N5O3. The molecule has 2 aromatic rings. The number of esters is 1. The Kier molecular flexibility index (Phi) is 6.65. The van der Waals surface area contributed by atoms with Gasteiger partial charge in [-0.1, -0.05) is 0 Å². The minimum absolute atomic E-state index is 0.0208. The van der Waals surface area contributed by atoms with Gasteiger partial charge in [-0.3, -0.25) is 4.79 Å². The van der Waals surface area contributed by atoms with Crippen LogP contribution in [-0.2, 0) is 22.3 Å². The average molecular weight is 439 g/mol. The zero-order valence-corrected chi connectivity index (χ0v) is 17.1. The highest BCUT2D eigenvalue weighted by Crippen LogP contribution is 2.38. The number of alkyl halides is 3. The van der Waals surface area contributed by atoms with Crippen molar-refractivity contribution >= 4 is 11.8 Å². The number of rotatable bonds is 5. The predicted octanol–water partition coefficient (Wildman–Crippen LogP) is 2.34. The molecule has 0 spiro atoms. The van der Waals surface area contributed by atoms with Crippen LogP contribution < -0.4 is 16.4 Å². The van der Waals surface area contributed by atoms with Gasteiger partial charge in [0.15, 0.2) is 5.82 Å². The molecule has 1 aliphatic rings. The van der Waals surface area contributed by atoms with Crippen molar-refractivity contribution in [1.29, 1.82) is 0 Å². The van der Waals surface area contributed by atoms with E-state index in [-0.39, 0.29) is 41.4 Å². The molecule has 1 aromatic carbocycles. The van der Waals surface area contributed by atoms with Gasteiger partial charge in [0, 0.05) is 30.3 Å². The number of aryl methyl sites for hydroxylation is 1. The number of nitrogens with zero attached hydrogens (tertiary/aromatic N) is 2. The van der Waals surface area contributed by atoms with Gasteiger partial charge >= 0.3 is 12.1 Å². The lowest BCUT2D eigenvalue weighted by Crippen LogP contribution is -2.48. The van der Waals surface area contributed by atoms with E-state index in [1.807, 2.05) is 0 Å². The summed E-state index contributed by atoms with van der Waals surface area (Å²) < 4.78 is 43.6. The van der Waals surface area contributed by atoms with Gasteiger partial charge in [-0.05, 0) is 43.5 Å². The smallest absolute Gasteiger partial charge is 0.416 e. The van der Waals surface area contributed by atoms with Crippen LogP contribution in [0.5, 0.6) is 5.75 Å². The van der Waals surface area contributed by atoms with E-state index in [2.05, 4.69) is 20.8 Å². The van der Waals surface area contributed by atoms with Crippen LogP contribution in [0.25, 0.3) is 11.3 Å². The number of phenolic OH excluding ortho intramolecular Hbond substituents is 1. The average Bonchev–Trinajstić information content (AvgIpc) is 2.73. The Morgan fingerprint density at radius 3 is 2.61 bits per heavy atom. The van der Waals surface area contributed by atoms with Crippen molar-refractivity contribution in [2.24, 2.45) is 5.73 Å². The first-order valence-electron chi connectivity index (χ1n) is 9.69. The van der Waals surface area contributed by atoms with E-state index >= 15 is 0 Å². The second-order valence-electron chi connectivity index (χ2n) is 7.40. The normalized spacial score (nSPS) is 19.2. The van der Waals surface area contributed by atoms with Crippen LogP contribution >= 0.6 is 0 Å². The summed E-state index contributed by atoms with van der Waals surface area (Å²) in [5, 5.41) is 24.8. The molecule has 31 heavy (non-hydrogen) atoms. The lowest BCUT2D eigenvalue weighted by Gasteiger charge is -2.29. The fourth-order valence-electron chi connectivity index (χ4n) is 3.61. The van der Waals surface area contributed by atoms with Crippen LogP contribution in [0.4, 0.5) is 19.0 Å². The lowest BCUT2D eigenvalue weighted by atomic mass is 9.99. The molecule has 0 radical (unpaired) electrons. The lowest BCUT2D eigenvalue weighted by molar-refractivity contribution is -0.143. The van der Waals surface area contributed by atoms with E-state index < -0.39 is 17.5 Å². The van der Waals surface area contributed by atoms with Gasteiger partial charge in [0.2, 0.25) is 0 Å². The third-order valence-corrected chi connectivity index (χ3v) is 5.23. The molecular weight excluding hydrogens is 415 g/mol. The van der Waals surface area contributed by atoms with Gasteiger partial charge in [0.05, 0.1) is 18.4 Å². The quantitative estimate of drug-likeness (QED) is 0.524. The largest absolute Gasteiger partial charge is 0.507 e. The molecule has 3 rings (SSSR count). The topological polar surface area (TPSA) is 122 Å². The fraction of sp³-hybridized carbons (Fsp3) is 0.450. The molecule has 5 N–H and O–H groups in total. The number of hydrogen-bond donors (Lipinski definition) is 4. The Bertz CT molecular complexity index is 937. The first-order valence-corrected chi connectivity index (χ1v) is 9.69. The summed E-state index contributed by atoms with van der Waals surface area (Å²) in [6.07, 6.45) is -3.28. The molecule has 0 bridgehead atoms. The molecule has 11 heteroatoms. The molecule has 2 atom stereocenters. The third kappa shape index (κ3) is 5.05. The van der Waals surface area contributed by atoms with Crippen LogP contribution in [0.1, 0.15) is 29.5 Å². The zero-order valence-electron chi connectivity index (χ0n) is 17.1. The maximum absolute atomic E-state index is 13.0. The Hall–Kier alpha value is -2.92. The highest BCUT2D eigenvalue weighted by atomic mass is 19.4. The number of carbonyl (C=O) groups excluding carboxylic acids is 1. The Labute approximate surface area is 177 Å². The van der Waals surface area contributed by atoms with E-state index in [1.165, 1.54) is 14.0 Å². The number of anilines is 1. The number of nitrogens with one attached hydrogen (secondary N) is 2. The number of hydrogen-bond acceptors (Lipinski definition) is 8. The van der Waals surface area contributed by atoms with Crippen molar-refractivity contribution in [1.82, 2.24) is 15.5 Å². The highest BCUT2D eigenvalue weighted by Gasteiger charge is 2.32. The molecule has 1 fully saturated rings. The monoisotopic (exact) mass is 439 g/mol. The zero-order chi connectivity index (χ0) is 22.8. The molecule has 8 nitrogen and oxygen atoms in total. The molecule has 168 valence electrons. The van der Waals surface area contributed by atoms with Crippen molar-refractivity contribution in [3.05, 3.63) is 34.9 Å². The Balaban J connectivity index is 1.81. The van der Waals surface area contributed by atoms with Gasteiger partial charge in [-0.25, -0.2) is 0 Å². The summed E-state index contributed by atoms with van der Waals surface area (Å²) in [6, 6.07) is 2.85. The van der Waals surface area contributed by atoms with Gasteiger partial charge in [-0.2, -0.15) is 13.2 Å². The minimum atomic E-state index is -4.57. The number of aromatic nitrogens is 2. The number of benzene rings is 1. The highest BCUT2D eigenvalue weighted by molar-refractivity contribution is 5.76. The molecule has 0 aliphatic carbocycles. The van der Waals surface area contributed by atoms with E-state index in [0.29, 0.717) is 36.8 Å². The van der Waals surface area contributed by atoms with Crippen molar-refractivity contribution in [2.45, 2.75) is 44.6 Å². The summed E-state index contributed by atoms with van der Waals surface area (Å²) in [4.78, 5) is 11.6. The summed E-state index contributed by atoms with van der Waals surface area (Å²) >= 11 is 0. The van der Waals surface area contributed by atoms with Crippen molar-refractivity contribution in [3.8, 4) is 17.0 Å². The molecule has 0 unspecified atom stereocenters. The number of phenols is 1. The maximum atomic E-state index is 13.0. The number of nitrogens with two attached hydrogens (primary N) is 1. The fourth-order valence-corrected chi connectivity index (χ4v) is 3.61. The van der Waals surface area contributed by atoms with E-state index in [9.17, 15) is 23.1 Å². The summed E-state index contributed by atoms with van der Waals surface area (Å²) in [7, 11) is 1.34. The number of methoxy groups -OCH3 is 1. The number of ether oxygens (including phenoxy) is 1. The Morgan fingerprint density at radius 2 is 2.06 bits per heavy atom. The van der Waals surface area contributed by atoms with Crippen LogP contribution in [0.2, 0.25) is 0 Å². The molecule has 2 heterocycles. The number of aromatic hydroxyl groups is 1. The first kappa shape index (κ1) is 22.8. The molecule has 1 aliphatic heterocycles. The number of piperidine rings is 1. The van der Waals surface area contributed by atoms with Gasteiger partial charge < -0.3 is 26.2 Å².